The molecule has 6 heteroatoms. The normalized spacial score (nSPS) is 32.8. The van der Waals surface area contributed by atoms with Crippen LogP contribution in [0.15, 0.2) is 40.8 Å². The van der Waals surface area contributed by atoms with Gasteiger partial charge in [0.25, 0.3) is 0 Å². The van der Waals surface area contributed by atoms with E-state index in [4.69, 9.17) is 0 Å². The Morgan fingerprint density at radius 1 is 1.07 bits per heavy atom. The first kappa shape index (κ1) is 19.5. The standard InChI is InChI=1S/C23H30N2O3S/c1-16(26)17-7-9-21(10-8-17)29(27,28)25-12-4-5-18-13-19-14-20(23(18)25)15-24-11-3-2-6-22(19)24/h7-10,13,19-20,22-23H,2-6,11-12,14-15H2,1H3/t19-,20+,22+,23+/m0/s1. The van der Waals surface area contributed by atoms with Gasteiger partial charge in [0.1, 0.15) is 0 Å². The van der Waals surface area contributed by atoms with Gasteiger partial charge in [0, 0.05) is 24.7 Å². The molecular formula is C23H30N2O3S. The van der Waals surface area contributed by atoms with E-state index in [-0.39, 0.29) is 11.8 Å². The predicted molar refractivity (Wildman–Crippen MR) is 112 cm³/mol. The fourth-order valence-corrected chi connectivity index (χ4v) is 7.92. The molecule has 1 aliphatic carbocycles. The first-order valence-corrected chi connectivity index (χ1v) is 12.5. The maximum Gasteiger partial charge on any atom is 0.243 e. The highest BCUT2D eigenvalue weighted by Gasteiger charge is 2.48. The zero-order valence-electron chi connectivity index (χ0n) is 17.1. The number of Topliss-reactive ketones (excluding diaryl/α,β-unsaturated/α-hetero) is 1. The molecule has 1 aromatic rings. The lowest BCUT2D eigenvalue weighted by Gasteiger charge is -2.54. The number of rotatable bonds is 3. The quantitative estimate of drug-likeness (QED) is 0.561. The Morgan fingerprint density at radius 2 is 1.86 bits per heavy atom. The van der Waals surface area contributed by atoms with E-state index in [1.165, 1.54) is 31.8 Å². The number of carbonyl (C=O) groups excluding carboxylic acids is 1. The Kier molecular flexibility index (Phi) is 4.92. The Balaban J connectivity index is 1.48. The molecule has 0 aromatic heterocycles. The first-order chi connectivity index (χ1) is 13.9. The molecule has 0 saturated carbocycles. The number of hydrogen-bond donors (Lipinski definition) is 0. The van der Waals surface area contributed by atoms with Crippen LogP contribution in [0.1, 0.15) is 55.8 Å². The number of piperidine rings is 3. The van der Waals surface area contributed by atoms with Gasteiger partial charge < -0.3 is 0 Å². The van der Waals surface area contributed by atoms with Crippen molar-refractivity contribution in [2.75, 3.05) is 19.6 Å². The van der Waals surface area contributed by atoms with E-state index in [0.717, 1.165) is 32.4 Å². The molecule has 2 bridgehead atoms. The number of ketones is 1. The van der Waals surface area contributed by atoms with Crippen molar-refractivity contribution in [2.45, 2.75) is 62.4 Å². The molecule has 4 atom stereocenters. The van der Waals surface area contributed by atoms with Gasteiger partial charge in [-0.25, -0.2) is 8.42 Å². The van der Waals surface area contributed by atoms with Crippen LogP contribution in [0, 0.1) is 11.8 Å². The van der Waals surface area contributed by atoms with Crippen LogP contribution in [0.25, 0.3) is 0 Å². The van der Waals surface area contributed by atoms with E-state index >= 15 is 0 Å². The highest BCUT2D eigenvalue weighted by molar-refractivity contribution is 7.89. The molecule has 0 N–H and O–H groups in total. The lowest BCUT2D eigenvalue weighted by molar-refractivity contribution is 0.0149. The number of hydrogen-bond acceptors (Lipinski definition) is 4. The second-order valence-corrected chi connectivity index (χ2v) is 11.1. The zero-order valence-corrected chi connectivity index (χ0v) is 17.9. The molecule has 5 rings (SSSR count). The van der Waals surface area contributed by atoms with E-state index in [0.29, 0.717) is 34.9 Å². The van der Waals surface area contributed by atoms with Gasteiger partial charge in [-0.2, -0.15) is 4.31 Å². The summed E-state index contributed by atoms with van der Waals surface area (Å²) in [6, 6.07) is 7.12. The summed E-state index contributed by atoms with van der Waals surface area (Å²) in [5, 5.41) is 0. The Bertz CT molecular complexity index is 937. The molecule has 4 aliphatic rings. The molecular weight excluding hydrogens is 384 g/mol. The molecule has 3 heterocycles. The molecule has 0 unspecified atom stereocenters. The minimum Gasteiger partial charge on any atom is -0.299 e. The second-order valence-electron chi connectivity index (χ2n) is 9.20. The van der Waals surface area contributed by atoms with Crippen LogP contribution in [0.3, 0.4) is 0 Å². The Morgan fingerprint density at radius 3 is 2.62 bits per heavy atom. The van der Waals surface area contributed by atoms with Crippen molar-refractivity contribution in [3.63, 3.8) is 0 Å². The summed E-state index contributed by atoms with van der Waals surface area (Å²) in [6.45, 7) is 4.27. The molecule has 5 nitrogen and oxygen atoms in total. The van der Waals surface area contributed by atoms with E-state index in [2.05, 4.69) is 11.0 Å². The van der Waals surface area contributed by atoms with Gasteiger partial charge in [0.2, 0.25) is 10.0 Å². The van der Waals surface area contributed by atoms with E-state index in [9.17, 15) is 13.2 Å². The highest BCUT2D eigenvalue weighted by atomic mass is 32.2. The predicted octanol–water partition coefficient (Wildman–Crippen LogP) is 3.47. The summed E-state index contributed by atoms with van der Waals surface area (Å²) < 4.78 is 28.9. The van der Waals surface area contributed by atoms with Crippen LogP contribution in [0.2, 0.25) is 0 Å². The molecule has 3 fully saturated rings. The largest absolute Gasteiger partial charge is 0.299 e. The van der Waals surface area contributed by atoms with Crippen molar-refractivity contribution >= 4 is 15.8 Å². The Labute approximate surface area is 173 Å². The topological polar surface area (TPSA) is 57.7 Å². The minimum atomic E-state index is -3.58. The van der Waals surface area contributed by atoms with Crippen molar-refractivity contribution in [1.29, 1.82) is 0 Å². The fourth-order valence-electron chi connectivity index (χ4n) is 6.19. The van der Waals surface area contributed by atoms with Gasteiger partial charge in [0.15, 0.2) is 5.78 Å². The molecule has 0 spiro atoms. The smallest absolute Gasteiger partial charge is 0.243 e. The SMILES string of the molecule is CC(=O)c1ccc(S(=O)(=O)N2CCCC3=C[C@H]4C[C@H](CN5CCCC[C@H]45)[C@@H]32)cc1. The van der Waals surface area contributed by atoms with Crippen LogP contribution >= 0.6 is 0 Å². The molecule has 1 aromatic carbocycles. The van der Waals surface area contributed by atoms with Gasteiger partial charge in [-0.15, -0.1) is 0 Å². The number of nitrogens with zero attached hydrogens (tertiary/aromatic N) is 2. The third-order valence-corrected chi connectivity index (χ3v) is 9.37. The van der Waals surface area contributed by atoms with Gasteiger partial charge in [-0.1, -0.05) is 30.2 Å². The van der Waals surface area contributed by atoms with Crippen molar-refractivity contribution in [1.82, 2.24) is 9.21 Å². The molecule has 156 valence electrons. The highest BCUT2D eigenvalue weighted by Crippen LogP contribution is 2.46. The van der Waals surface area contributed by atoms with Crippen molar-refractivity contribution in [3.05, 3.63) is 41.5 Å². The van der Waals surface area contributed by atoms with Gasteiger partial charge >= 0.3 is 0 Å². The maximum absolute atomic E-state index is 13.6. The van der Waals surface area contributed by atoms with Gasteiger partial charge in [-0.05, 0) is 69.5 Å². The van der Waals surface area contributed by atoms with E-state index in [1.54, 1.807) is 28.6 Å². The van der Waals surface area contributed by atoms with Crippen LogP contribution < -0.4 is 0 Å². The summed E-state index contributed by atoms with van der Waals surface area (Å²) in [4.78, 5) is 14.5. The summed E-state index contributed by atoms with van der Waals surface area (Å²) >= 11 is 0. The summed E-state index contributed by atoms with van der Waals surface area (Å²) in [5.41, 5.74) is 1.90. The minimum absolute atomic E-state index is 0.000333. The number of fused-ring (bicyclic) bond motifs is 6. The van der Waals surface area contributed by atoms with Crippen molar-refractivity contribution in [3.8, 4) is 0 Å². The van der Waals surface area contributed by atoms with Gasteiger partial charge in [0.05, 0.1) is 10.9 Å². The maximum atomic E-state index is 13.6. The Hall–Kier alpha value is -1.50. The third kappa shape index (κ3) is 3.29. The first-order valence-electron chi connectivity index (χ1n) is 11.0. The van der Waals surface area contributed by atoms with Crippen molar-refractivity contribution in [2.24, 2.45) is 11.8 Å². The monoisotopic (exact) mass is 414 g/mol. The van der Waals surface area contributed by atoms with Crippen molar-refractivity contribution < 1.29 is 13.2 Å². The number of benzene rings is 1. The van der Waals surface area contributed by atoms with Crippen LogP contribution in [-0.4, -0.2) is 55.1 Å². The average molecular weight is 415 g/mol. The summed E-state index contributed by atoms with van der Waals surface area (Å²) in [5.74, 6) is 0.937. The lowest BCUT2D eigenvalue weighted by Crippen LogP contribution is -2.59. The zero-order chi connectivity index (χ0) is 20.2. The lowest BCUT2D eigenvalue weighted by atomic mass is 9.68. The summed E-state index contributed by atoms with van der Waals surface area (Å²) in [6.07, 6.45) is 9.36. The molecule has 29 heavy (non-hydrogen) atoms. The number of sulfonamides is 1. The second kappa shape index (κ2) is 7.33. The molecule has 0 radical (unpaired) electrons. The molecule has 3 saturated heterocycles. The van der Waals surface area contributed by atoms with E-state index in [1.807, 2.05) is 0 Å². The van der Waals surface area contributed by atoms with Crippen LogP contribution in [0.5, 0.6) is 0 Å². The fraction of sp³-hybridized carbons (Fsp3) is 0.609. The molecule has 0 amide bonds. The average Bonchev–Trinajstić information content (AvgIpc) is 2.73. The molecule has 3 aliphatic heterocycles. The van der Waals surface area contributed by atoms with E-state index < -0.39 is 10.0 Å². The van der Waals surface area contributed by atoms with Gasteiger partial charge in [-0.3, -0.25) is 9.69 Å². The van der Waals surface area contributed by atoms with Crippen LogP contribution in [-0.2, 0) is 10.0 Å². The summed E-state index contributed by atoms with van der Waals surface area (Å²) in [7, 11) is -3.58. The van der Waals surface area contributed by atoms with Crippen LogP contribution in [0.4, 0.5) is 0 Å². The third-order valence-electron chi connectivity index (χ3n) is 7.48. The number of carbonyl (C=O) groups is 1.